The Morgan fingerprint density at radius 2 is 2.00 bits per heavy atom. The van der Waals surface area contributed by atoms with Gasteiger partial charge in [-0.2, -0.15) is 23.3 Å². The van der Waals surface area contributed by atoms with Crippen LogP contribution in [0.1, 0.15) is 49.4 Å². The van der Waals surface area contributed by atoms with Crippen molar-refractivity contribution in [2.45, 2.75) is 50.9 Å². The number of rotatable bonds is 5. The molecule has 0 fully saturated rings. The molecule has 0 bridgehead atoms. The van der Waals surface area contributed by atoms with E-state index in [1.165, 1.54) is 24.3 Å². The molecule has 2 N–H and O–H groups in total. The lowest BCUT2D eigenvalue weighted by molar-refractivity contribution is -0.297. The molecule has 132 valence electrons. The van der Waals surface area contributed by atoms with Gasteiger partial charge in [0.1, 0.15) is 5.75 Å². The fourth-order valence-electron chi connectivity index (χ4n) is 2.54. The van der Waals surface area contributed by atoms with Crippen LogP contribution in [0.2, 0.25) is 0 Å². The van der Waals surface area contributed by atoms with Gasteiger partial charge in [0.05, 0.1) is 5.56 Å². The summed E-state index contributed by atoms with van der Waals surface area (Å²) < 4.78 is 40.1. The quantitative estimate of drug-likeness (QED) is 0.804. The van der Waals surface area contributed by atoms with E-state index in [9.17, 15) is 28.2 Å². The summed E-state index contributed by atoms with van der Waals surface area (Å²) in [6, 6.07) is 5.20. The van der Waals surface area contributed by atoms with Crippen LogP contribution in [0.4, 0.5) is 13.2 Å². The number of carbonyl (C=O) groups excluding carboxylic acids is 1. The zero-order valence-corrected chi connectivity index (χ0v) is 13.2. The van der Waals surface area contributed by atoms with Gasteiger partial charge in [0, 0.05) is 12.1 Å². The number of phenols is 1. The molecule has 1 aromatic rings. The first-order chi connectivity index (χ1) is 11.2. The fourth-order valence-corrected chi connectivity index (χ4v) is 2.54. The molecule has 0 spiro atoms. The Morgan fingerprint density at radius 3 is 2.58 bits per heavy atom. The van der Waals surface area contributed by atoms with Gasteiger partial charge in [0.2, 0.25) is 0 Å². The highest BCUT2D eigenvalue weighted by Gasteiger charge is 2.63. The highest BCUT2D eigenvalue weighted by molar-refractivity contribution is 6.00. The molecule has 0 aromatic heterocycles. The first kappa shape index (κ1) is 18.3. The number of hydrogen-bond donors (Lipinski definition) is 2. The third kappa shape index (κ3) is 3.38. The molecule has 0 saturated heterocycles. The molecule has 24 heavy (non-hydrogen) atoms. The maximum Gasteiger partial charge on any atom is 0.438 e. The van der Waals surface area contributed by atoms with E-state index in [1.54, 1.807) is 0 Å². The van der Waals surface area contributed by atoms with E-state index in [2.05, 4.69) is 5.10 Å². The third-order valence-corrected chi connectivity index (χ3v) is 3.89. The molecule has 2 rings (SSSR count). The number of nitrogens with zero attached hydrogens (tertiary/aromatic N) is 2. The van der Waals surface area contributed by atoms with E-state index in [1.807, 2.05) is 6.92 Å². The number of amides is 1. The first-order valence-electron chi connectivity index (χ1n) is 7.68. The summed E-state index contributed by atoms with van der Waals surface area (Å²) in [6.07, 6.45) is -3.24. The lowest BCUT2D eigenvalue weighted by Crippen LogP contribution is -2.56. The summed E-state index contributed by atoms with van der Waals surface area (Å²) in [4.78, 5) is 12.4. The summed E-state index contributed by atoms with van der Waals surface area (Å²) in [6.45, 7) is 1.95. The smallest absolute Gasteiger partial charge is 0.438 e. The molecule has 1 atom stereocenters. The minimum Gasteiger partial charge on any atom is -0.507 e. The monoisotopic (exact) mass is 344 g/mol. The number of aliphatic hydroxyl groups is 1. The Balaban J connectivity index is 2.34. The van der Waals surface area contributed by atoms with Crippen LogP contribution in [-0.4, -0.2) is 38.7 Å². The third-order valence-electron chi connectivity index (χ3n) is 3.89. The fraction of sp³-hybridized carbons (Fsp3) is 0.500. The normalized spacial score (nSPS) is 21.0. The second-order valence-electron chi connectivity index (χ2n) is 5.75. The standard InChI is InChI=1S/C16H19F3N2O3/c1-2-3-4-7-11-10-15(24,16(17,18)19)21(20-11)14(23)12-8-5-6-9-13(12)22/h5-6,8-9,22,24H,2-4,7,10H2,1H3. The Bertz CT molecular complexity index is 646. The maximum absolute atomic E-state index is 13.4. The van der Waals surface area contributed by atoms with Gasteiger partial charge in [-0.25, -0.2) is 0 Å². The van der Waals surface area contributed by atoms with Crippen molar-refractivity contribution in [3.05, 3.63) is 29.8 Å². The summed E-state index contributed by atoms with van der Waals surface area (Å²) in [7, 11) is 0. The predicted octanol–water partition coefficient (Wildman–Crippen LogP) is 3.43. The van der Waals surface area contributed by atoms with E-state index in [0.29, 0.717) is 6.42 Å². The van der Waals surface area contributed by atoms with Gasteiger partial charge >= 0.3 is 6.18 Å². The number of alkyl halides is 3. The van der Waals surface area contributed by atoms with E-state index < -0.39 is 30.0 Å². The highest BCUT2D eigenvalue weighted by atomic mass is 19.4. The molecule has 1 heterocycles. The van der Waals surface area contributed by atoms with Crippen molar-refractivity contribution in [1.82, 2.24) is 5.01 Å². The predicted molar refractivity (Wildman–Crippen MR) is 81.5 cm³/mol. The average Bonchev–Trinajstić information content (AvgIpc) is 2.85. The largest absolute Gasteiger partial charge is 0.507 e. The number of benzene rings is 1. The molecule has 0 saturated carbocycles. The van der Waals surface area contributed by atoms with Crippen LogP contribution in [0.5, 0.6) is 5.75 Å². The molecule has 1 aliphatic heterocycles. The lowest BCUT2D eigenvalue weighted by Gasteiger charge is -2.32. The van der Waals surface area contributed by atoms with Gasteiger partial charge in [-0.3, -0.25) is 4.79 Å². The maximum atomic E-state index is 13.4. The van der Waals surface area contributed by atoms with Gasteiger partial charge in [-0.15, -0.1) is 0 Å². The molecule has 1 aromatic carbocycles. The Hall–Kier alpha value is -2.09. The average molecular weight is 344 g/mol. The molecule has 0 aliphatic carbocycles. The number of hydrogen-bond acceptors (Lipinski definition) is 4. The molecule has 1 aliphatic rings. The number of aromatic hydroxyl groups is 1. The summed E-state index contributed by atoms with van der Waals surface area (Å²) in [5, 5.41) is 23.6. The van der Waals surface area contributed by atoms with Crippen molar-refractivity contribution in [1.29, 1.82) is 0 Å². The SMILES string of the molecule is CCCCCC1=NN(C(=O)c2ccccc2O)C(O)(C(F)(F)F)C1. The number of carbonyl (C=O) groups is 1. The number of para-hydroxylation sites is 1. The van der Waals surface area contributed by atoms with Gasteiger partial charge in [0.15, 0.2) is 0 Å². The van der Waals surface area contributed by atoms with Crippen LogP contribution in [0, 0.1) is 0 Å². The summed E-state index contributed by atoms with van der Waals surface area (Å²) in [5.74, 6) is -1.67. The Labute approximate surface area is 137 Å². The molecule has 0 radical (unpaired) electrons. The molecule has 8 heteroatoms. The van der Waals surface area contributed by atoms with Crippen molar-refractivity contribution in [2.75, 3.05) is 0 Å². The van der Waals surface area contributed by atoms with Crippen LogP contribution >= 0.6 is 0 Å². The second-order valence-corrected chi connectivity index (χ2v) is 5.75. The zero-order valence-electron chi connectivity index (χ0n) is 13.2. The second kappa shape index (κ2) is 6.80. The van der Waals surface area contributed by atoms with Crippen molar-refractivity contribution >= 4 is 11.6 Å². The minimum atomic E-state index is -5.07. The van der Waals surface area contributed by atoms with Gasteiger partial charge in [-0.1, -0.05) is 31.9 Å². The van der Waals surface area contributed by atoms with Crippen molar-refractivity contribution in [2.24, 2.45) is 5.10 Å². The van der Waals surface area contributed by atoms with E-state index in [-0.39, 0.29) is 22.7 Å². The Morgan fingerprint density at radius 1 is 1.33 bits per heavy atom. The van der Waals surface area contributed by atoms with Crippen LogP contribution in [0.15, 0.2) is 29.4 Å². The van der Waals surface area contributed by atoms with Crippen LogP contribution in [0.25, 0.3) is 0 Å². The molecule has 5 nitrogen and oxygen atoms in total. The lowest BCUT2D eigenvalue weighted by atomic mass is 10.0. The molecular weight excluding hydrogens is 325 g/mol. The summed E-state index contributed by atoms with van der Waals surface area (Å²) >= 11 is 0. The van der Waals surface area contributed by atoms with Gasteiger partial charge < -0.3 is 10.2 Å². The first-order valence-corrected chi connectivity index (χ1v) is 7.68. The number of phenolic OH excluding ortho intramolecular Hbond substituents is 1. The van der Waals surface area contributed by atoms with Gasteiger partial charge in [0.25, 0.3) is 11.6 Å². The summed E-state index contributed by atoms with van der Waals surface area (Å²) in [5.41, 5.74) is -3.63. The van der Waals surface area contributed by atoms with Crippen molar-refractivity contribution in [3.63, 3.8) is 0 Å². The number of halogens is 3. The Kier molecular flexibility index (Phi) is 5.17. The van der Waals surface area contributed by atoms with Crippen LogP contribution < -0.4 is 0 Å². The van der Waals surface area contributed by atoms with E-state index in [4.69, 9.17) is 0 Å². The van der Waals surface area contributed by atoms with Crippen LogP contribution in [0.3, 0.4) is 0 Å². The number of unbranched alkanes of at least 4 members (excludes halogenated alkanes) is 2. The molecule has 1 amide bonds. The minimum absolute atomic E-state index is 0.0450. The van der Waals surface area contributed by atoms with Crippen LogP contribution in [-0.2, 0) is 0 Å². The topological polar surface area (TPSA) is 73.1 Å². The zero-order chi connectivity index (χ0) is 18.0. The van der Waals surface area contributed by atoms with Gasteiger partial charge in [-0.05, 0) is 25.0 Å². The molecule has 1 unspecified atom stereocenters. The van der Waals surface area contributed by atoms with E-state index >= 15 is 0 Å². The van der Waals surface area contributed by atoms with Crippen molar-refractivity contribution in [3.8, 4) is 5.75 Å². The molecular formula is C16H19F3N2O3. The van der Waals surface area contributed by atoms with E-state index in [0.717, 1.165) is 12.8 Å². The van der Waals surface area contributed by atoms with Crippen molar-refractivity contribution < 1.29 is 28.2 Å². The highest BCUT2D eigenvalue weighted by Crippen LogP contribution is 2.42. The number of hydrazone groups is 1.